The van der Waals surface area contributed by atoms with E-state index in [0.29, 0.717) is 12.5 Å². The lowest BCUT2D eigenvalue weighted by atomic mass is 9.84. The van der Waals surface area contributed by atoms with Crippen LogP contribution < -0.4 is 4.74 Å². The van der Waals surface area contributed by atoms with Gasteiger partial charge in [0.25, 0.3) is 0 Å². The fraction of sp³-hybridized carbons (Fsp3) is 0.476. The van der Waals surface area contributed by atoms with E-state index in [0.717, 1.165) is 44.1 Å². The molecule has 1 aliphatic carbocycles. The van der Waals surface area contributed by atoms with Crippen molar-refractivity contribution in [2.75, 3.05) is 0 Å². The summed E-state index contributed by atoms with van der Waals surface area (Å²) >= 11 is 0. The van der Waals surface area contributed by atoms with Crippen molar-refractivity contribution in [3.63, 3.8) is 0 Å². The molecule has 0 unspecified atom stereocenters. The molecule has 0 radical (unpaired) electrons. The van der Waals surface area contributed by atoms with Gasteiger partial charge in [0.15, 0.2) is 0 Å². The highest BCUT2D eigenvalue weighted by molar-refractivity contribution is 5.27. The molecule has 0 bridgehead atoms. The fourth-order valence-electron chi connectivity index (χ4n) is 3.19. The van der Waals surface area contributed by atoms with Gasteiger partial charge in [-0.3, -0.25) is 0 Å². The number of rotatable bonds is 8. The van der Waals surface area contributed by atoms with Crippen LogP contribution in [0.4, 0.5) is 13.2 Å². The maximum Gasteiger partial charge on any atom is 0.573 e. The minimum Gasteiger partial charge on any atom is -0.406 e. The Kier molecular flexibility index (Phi) is 8.41. The van der Waals surface area contributed by atoms with E-state index in [1.165, 1.54) is 18.2 Å². The molecule has 27 heavy (non-hydrogen) atoms. The zero-order valence-electron chi connectivity index (χ0n) is 15.1. The molecule has 0 heterocycles. The average Bonchev–Trinajstić information content (AvgIpc) is 2.64. The Balaban J connectivity index is 1.64. The number of halogens is 3. The number of nitriles is 1. The monoisotopic (exact) mass is 379 g/mol. The van der Waals surface area contributed by atoms with Gasteiger partial charge in [0.2, 0.25) is 0 Å². The summed E-state index contributed by atoms with van der Waals surface area (Å²) in [5, 5.41) is 8.39. The minimum atomic E-state index is -4.67. The highest BCUT2D eigenvalue weighted by Gasteiger charge is 2.31. The van der Waals surface area contributed by atoms with E-state index in [1.807, 2.05) is 12.1 Å². The van der Waals surface area contributed by atoms with Crippen LogP contribution in [0.1, 0.15) is 44.1 Å². The van der Waals surface area contributed by atoms with Gasteiger partial charge in [-0.15, -0.1) is 13.2 Å². The summed E-state index contributed by atoms with van der Waals surface area (Å²) in [4.78, 5) is 0. The molecular weight excluding hydrogens is 355 g/mol. The molecule has 0 N–H and O–H groups in total. The molecule has 0 amide bonds. The van der Waals surface area contributed by atoms with E-state index in [-0.39, 0.29) is 11.9 Å². The molecule has 0 saturated heterocycles. The Morgan fingerprint density at radius 2 is 1.78 bits per heavy atom. The van der Waals surface area contributed by atoms with Gasteiger partial charge in [-0.2, -0.15) is 5.26 Å². The fourth-order valence-corrected chi connectivity index (χ4v) is 3.19. The largest absolute Gasteiger partial charge is 0.573 e. The predicted molar refractivity (Wildman–Crippen MR) is 96.8 cm³/mol. The Bertz CT molecular complexity index is 651. The highest BCUT2D eigenvalue weighted by Crippen LogP contribution is 2.30. The molecule has 6 heteroatoms. The molecule has 1 aliphatic rings. The van der Waals surface area contributed by atoms with Crippen LogP contribution in [-0.2, 0) is 11.3 Å². The van der Waals surface area contributed by atoms with Crippen molar-refractivity contribution in [1.82, 2.24) is 0 Å². The Morgan fingerprint density at radius 3 is 2.41 bits per heavy atom. The molecule has 0 aromatic heterocycles. The van der Waals surface area contributed by atoms with Crippen LogP contribution in [0.2, 0.25) is 0 Å². The molecule has 3 nitrogen and oxygen atoms in total. The van der Waals surface area contributed by atoms with Gasteiger partial charge in [-0.25, -0.2) is 0 Å². The van der Waals surface area contributed by atoms with Gasteiger partial charge in [0.1, 0.15) is 5.75 Å². The molecule has 0 atom stereocenters. The molecule has 0 spiro atoms. The zero-order valence-corrected chi connectivity index (χ0v) is 15.1. The Morgan fingerprint density at radius 1 is 1.07 bits per heavy atom. The lowest BCUT2D eigenvalue weighted by molar-refractivity contribution is -0.274. The van der Waals surface area contributed by atoms with Gasteiger partial charge in [-0.1, -0.05) is 30.4 Å². The topological polar surface area (TPSA) is 42.2 Å². The van der Waals surface area contributed by atoms with Crippen LogP contribution in [0, 0.1) is 17.2 Å². The van der Waals surface area contributed by atoms with Crippen LogP contribution in [0.25, 0.3) is 0 Å². The second-order valence-electron chi connectivity index (χ2n) is 6.64. The summed E-state index contributed by atoms with van der Waals surface area (Å²) in [7, 11) is 0. The van der Waals surface area contributed by atoms with Crippen LogP contribution in [0.15, 0.2) is 48.6 Å². The van der Waals surface area contributed by atoms with E-state index in [4.69, 9.17) is 10.00 Å². The molecule has 1 aromatic rings. The summed E-state index contributed by atoms with van der Waals surface area (Å²) in [6.45, 7) is 0.398. The summed E-state index contributed by atoms with van der Waals surface area (Å²) in [6, 6.07) is 7.76. The number of benzene rings is 1. The van der Waals surface area contributed by atoms with Crippen molar-refractivity contribution in [3.8, 4) is 11.8 Å². The number of alkyl halides is 3. The number of allylic oxidation sites excluding steroid dienone is 4. The van der Waals surface area contributed by atoms with Gasteiger partial charge < -0.3 is 9.47 Å². The van der Waals surface area contributed by atoms with Crippen molar-refractivity contribution in [3.05, 3.63) is 54.1 Å². The molecular formula is C21H24F3NO2. The van der Waals surface area contributed by atoms with E-state index < -0.39 is 6.36 Å². The van der Waals surface area contributed by atoms with E-state index in [2.05, 4.69) is 10.8 Å². The first-order valence-electron chi connectivity index (χ1n) is 9.14. The van der Waals surface area contributed by atoms with Gasteiger partial charge in [-0.05, 0) is 62.1 Å². The lowest BCUT2D eigenvalue weighted by Crippen LogP contribution is -2.21. The third-order valence-electron chi connectivity index (χ3n) is 4.60. The molecule has 1 saturated carbocycles. The maximum atomic E-state index is 12.1. The SMILES string of the molecule is N#C/C=C/C=C/CC[C@H]1CC[C@H](OCc2ccc(OC(F)(F)F)cc2)CC1. The van der Waals surface area contributed by atoms with Crippen LogP contribution in [0.5, 0.6) is 5.75 Å². The van der Waals surface area contributed by atoms with E-state index in [1.54, 1.807) is 18.2 Å². The predicted octanol–water partition coefficient (Wildman–Crippen LogP) is 6.08. The third-order valence-corrected chi connectivity index (χ3v) is 4.60. The van der Waals surface area contributed by atoms with Crippen LogP contribution in [0.3, 0.4) is 0 Å². The average molecular weight is 379 g/mol. The standard InChI is InChI=1S/C21H24F3NO2/c22-21(23,24)27-20-13-9-18(10-14-20)16-26-19-11-7-17(8-12-19)6-4-2-1-3-5-15-25/h1-3,5,9-10,13-14,17,19H,4,6-8,11-12,16H2/b2-1+,5-3+/t17-,19-. The zero-order chi connectivity index (χ0) is 19.5. The molecule has 1 aromatic carbocycles. The second kappa shape index (κ2) is 10.8. The van der Waals surface area contributed by atoms with Crippen molar-refractivity contribution in [1.29, 1.82) is 5.26 Å². The first-order chi connectivity index (χ1) is 13.0. The van der Waals surface area contributed by atoms with E-state index >= 15 is 0 Å². The molecule has 1 fully saturated rings. The minimum absolute atomic E-state index is 0.210. The summed E-state index contributed by atoms with van der Waals surface area (Å²) in [5.41, 5.74) is 0.835. The summed E-state index contributed by atoms with van der Waals surface area (Å²) in [6.07, 6.45) is 9.17. The van der Waals surface area contributed by atoms with Crippen molar-refractivity contribution in [2.24, 2.45) is 5.92 Å². The second-order valence-corrected chi connectivity index (χ2v) is 6.64. The van der Waals surface area contributed by atoms with Gasteiger partial charge >= 0.3 is 6.36 Å². The van der Waals surface area contributed by atoms with Crippen molar-refractivity contribution < 1.29 is 22.6 Å². The number of hydrogen-bond acceptors (Lipinski definition) is 3. The van der Waals surface area contributed by atoms with Crippen LogP contribution >= 0.6 is 0 Å². The van der Waals surface area contributed by atoms with E-state index in [9.17, 15) is 13.2 Å². The normalized spacial score (nSPS) is 20.8. The number of hydrogen-bond donors (Lipinski definition) is 0. The number of ether oxygens (including phenoxy) is 2. The third kappa shape index (κ3) is 8.78. The first-order valence-corrected chi connectivity index (χ1v) is 9.14. The summed E-state index contributed by atoms with van der Waals surface area (Å²) in [5.74, 6) is 0.483. The van der Waals surface area contributed by atoms with Crippen molar-refractivity contribution >= 4 is 0 Å². The molecule has 146 valence electrons. The number of nitrogens with zero attached hydrogens (tertiary/aromatic N) is 1. The van der Waals surface area contributed by atoms with Crippen molar-refractivity contribution in [2.45, 2.75) is 57.6 Å². The van der Waals surface area contributed by atoms with Crippen LogP contribution in [-0.4, -0.2) is 12.5 Å². The van der Waals surface area contributed by atoms with Gasteiger partial charge in [0, 0.05) is 6.08 Å². The maximum absolute atomic E-state index is 12.1. The van der Waals surface area contributed by atoms with Gasteiger partial charge in [0.05, 0.1) is 18.8 Å². The Labute approximate surface area is 158 Å². The highest BCUT2D eigenvalue weighted by atomic mass is 19.4. The summed E-state index contributed by atoms with van der Waals surface area (Å²) < 4.78 is 46.2. The smallest absolute Gasteiger partial charge is 0.406 e. The quantitative estimate of drug-likeness (QED) is 0.406. The molecule has 2 rings (SSSR count). The molecule has 0 aliphatic heterocycles. The lowest BCUT2D eigenvalue weighted by Gasteiger charge is -2.28. The Hall–Kier alpha value is -2.26. The first kappa shape index (κ1) is 21.0.